The molecular formula is C20H31N3O. The maximum absolute atomic E-state index is 12.6. The van der Waals surface area contributed by atoms with Gasteiger partial charge in [-0.1, -0.05) is 19.3 Å². The van der Waals surface area contributed by atoms with Crippen LogP contribution < -0.4 is 0 Å². The molecule has 132 valence electrons. The summed E-state index contributed by atoms with van der Waals surface area (Å²) in [6.07, 6.45) is 14.2. The van der Waals surface area contributed by atoms with Crippen LogP contribution in [0.15, 0.2) is 6.20 Å². The van der Waals surface area contributed by atoms with Crippen molar-refractivity contribution in [3.05, 3.63) is 17.7 Å². The Morgan fingerprint density at radius 2 is 1.92 bits per heavy atom. The van der Waals surface area contributed by atoms with E-state index in [4.69, 9.17) is 0 Å². The number of amides is 1. The molecule has 0 radical (unpaired) electrons. The van der Waals surface area contributed by atoms with Gasteiger partial charge in [-0.05, 0) is 50.9 Å². The Morgan fingerprint density at radius 1 is 1.12 bits per heavy atom. The van der Waals surface area contributed by atoms with Crippen molar-refractivity contribution in [3.63, 3.8) is 0 Å². The summed E-state index contributed by atoms with van der Waals surface area (Å²) in [5, 5.41) is 0. The van der Waals surface area contributed by atoms with Gasteiger partial charge < -0.3 is 9.47 Å². The zero-order valence-electron chi connectivity index (χ0n) is 15.0. The highest BCUT2D eigenvalue weighted by Crippen LogP contribution is 2.37. The molecule has 3 aliphatic rings. The van der Waals surface area contributed by atoms with E-state index in [9.17, 15) is 4.79 Å². The average molecular weight is 329 g/mol. The molecule has 3 fully saturated rings. The number of aryl methyl sites for hydroxylation is 1. The van der Waals surface area contributed by atoms with Gasteiger partial charge in [0.25, 0.3) is 0 Å². The molecule has 4 rings (SSSR count). The fourth-order valence-corrected chi connectivity index (χ4v) is 4.73. The SMILES string of the molecule is Cc1cnc(CC2CCN(C(=O)CC3CCCCC3)C2)n1C1CC1. The second kappa shape index (κ2) is 6.89. The Bertz CT molecular complexity index is 584. The number of rotatable bonds is 5. The lowest BCUT2D eigenvalue weighted by atomic mass is 9.87. The third kappa shape index (κ3) is 3.52. The maximum Gasteiger partial charge on any atom is 0.222 e. The summed E-state index contributed by atoms with van der Waals surface area (Å²) in [5.74, 6) is 2.91. The number of imidazole rings is 1. The Labute approximate surface area is 145 Å². The predicted octanol–water partition coefficient (Wildman–Crippen LogP) is 3.89. The molecule has 1 aliphatic heterocycles. The van der Waals surface area contributed by atoms with Gasteiger partial charge in [-0.3, -0.25) is 4.79 Å². The van der Waals surface area contributed by atoms with Crippen LogP contribution in [0, 0.1) is 18.8 Å². The van der Waals surface area contributed by atoms with Gasteiger partial charge >= 0.3 is 0 Å². The molecule has 2 saturated carbocycles. The number of likely N-dealkylation sites (tertiary alicyclic amines) is 1. The first kappa shape index (κ1) is 16.2. The van der Waals surface area contributed by atoms with Crippen molar-refractivity contribution in [1.29, 1.82) is 0 Å². The van der Waals surface area contributed by atoms with E-state index in [0.29, 0.717) is 23.8 Å². The Hall–Kier alpha value is -1.32. The molecule has 0 spiro atoms. The normalized spacial score (nSPS) is 25.4. The quantitative estimate of drug-likeness (QED) is 0.822. The van der Waals surface area contributed by atoms with Gasteiger partial charge in [0.05, 0.1) is 0 Å². The van der Waals surface area contributed by atoms with E-state index in [1.165, 1.54) is 56.5 Å². The van der Waals surface area contributed by atoms with E-state index in [2.05, 4.69) is 21.4 Å². The fourth-order valence-electron chi connectivity index (χ4n) is 4.73. The molecule has 4 nitrogen and oxygen atoms in total. The highest BCUT2D eigenvalue weighted by atomic mass is 16.2. The van der Waals surface area contributed by atoms with Crippen molar-refractivity contribution in [3.8, 4) is 0 Å². The summed E-state index contributed by atoms with van der Waals surface area (Å²) in [7, 11) is 0. The van der Waals surface area contributed by atoms with Crippen LogP contribution in [0.3, 0.4) is 0 Å². The molecule has 1 amide bonds. The maximum atomic E-state index is 12.6. The number of nitrogens with zero attached hydrogens (tertiary/aromatic N) is 3. The van der Waals surface area contributed by atoms with Crippen molar-refractivity contribution in [1.82, 2.24) is 14.5 Å². The number of carbonyl (C=O) groups is 1. The van der Waals surface area contributed by atoms with Gasteiger partial charge in [-0.15, -0.1) is 0 Å². The zero-order chi connectivity index (χ0) is 16.5. The van der Waals surface area contributed by atoms with Crippen LogP contribution in [0.5, 0.6) is 0 Å². The van der Waals surface area contributed by atoms with E-state index >= 15 is 0 Å². The van der Waals surface area contributed by atoms with Crippen molar-refractivity contribution < 1.29 is 4.79 Å². The average Bonchev–Trinajstić information content (AvgIpc) is 3.19. The van der Waals surface area contributed by atoms with E-state index in [-0.39, 0.29) is 0 Å². The number of carbonyl (C=O) groups excluding carboxylic acids is 1. The predicted molar refractivity (Wildman–Crippen MR) is 94.8 cm³/mol. The molecule has 1 unspecified atom stereocenters. The molecule has 1 aromatic heterocycles. The third-order valence-corrected chi connectivity index (χ3v) is 6.27. The van der Waals surface area contributed by atoms with Crippen LogP contribution in [0.4, 0.5) is 0 Å². The molecule has 0 bridgehead atoms. The van der Waals surface area contributed by atoms with Crippen LogP contribution >= 0.6 is 0 Å². The molecule has 0 aromatic carbocycles. The zero-order valence-corrected chi connectivity index (χ0v) is 15.0. The standard InChI is InChI=1S/C20H31N3O/c1-15-13-21-19(23(15)18-7-8-18)11-17-9-10-22(14-17)20(24)12-16-5-3-2-4-6-16/h13,16-18H,2-12,14H2,1H3. The number of hydrogen-bond donors (Lipinski definition) is 0. The van der Waals surface area contributed by atoms with Gasteiger partial charge in [0.2, 0.25) is 5.91 Å². The van der Waals surface area contributed by atoms with Gasteiger partial charge in [0, 0.05) is 43.9 Å². The van der Waals surface area contributed by atoms with Crippen LogP contribution in [-0.4, -0.2) is 33.4 Å². The fraction of sp³-hybridized carbons (Fsp3) is 0.800. The summed E-state index contributed by atoms with van der Waals surface area (Å²) in [4.78, 5) is 19.4. The topological polar surface area (TPSA) is 38.1 Å². The molecule has 2 aliphatic carbocycles. The minimum Gasteiger partial charge on any atom is -0.342 e. The second-order valence-corrected chi connectivity index (χ2v) is 8.32. The Kier molecular flexibility index (Phi) is 4.64. The number of aromatic nitrogens is 2. The summed E-state index contributed by atoms with van der Waals surface area (Å²) >= 11 is 0. The third-order valence-electron chi connectivity index (χ3n) is 6.27. The van der Waals surface area contributed by atoms with Gasteiger partial charge in [0.1, 0.15) is 5.82 Å². The van der Waals surface area contributed by atoms with Crippen LogP contribution in [0.25, 0.3) is 0 Å². The van der Waals surface area contributed by atoms with Gasteiger partial charge in [-0.25, -0.2) is 4.98 Å². The van der Waals surface area contributed by atoms with E-state index in [0.717, 1.165) is 32.4 Å². The molecular weight excluding hydrogens is 298 g/mol. The second-order valence-electron chi connectivity index (χ2n) is 8.32. The summed E-state index contributed by atoms with van der Waals surface area (Å²) in [5.41, 5.74) is 1.30. The molecule has 24 heavy (non-hydrogen) atoms. The highest BCUT2D eigenvalue weighted by Gasteiger charge is 2.31. The van der Waals surface area contributed by atoms with Gasteiger partial charge in [0.15, 0.2) is 0 Å². The first-order valence-corrected chi connectivity index (χ1v) is 10.0. The minimum absolute atomic E-state index is 0.408. The molecule has 1 atom stereocenters. The first-order chi connectivity index (χ1) is 11.7. The van der Waals surface area contributed by atoms with Crippen molar-refractivity contribution >= 4 is 5.91 Å². The molecule has 1 saturated heterocycles. The van der Waals surface area contributed by atoms with Crippen LogP contribution in [0.1, 0.15) is 75.3 Å². The van der Waals surface area contributed by atoms with Crippen molar-refractivity contribution in [2.24, 2.45) is 11.8 Å². The lowest BCUT2D eigenvalue weighted by molar-refractivity contribution is -0.131. The Balaban J connectivity index is 1.30. The lowest BCUT2D eigenvalue weighted by Crippen LogP contribution is -2.31. The highest BCUT2D eigenvalue weighted by molar-refractivity contribution is 5.76. The molecule has 4 heteroatoms. The summed E-state index contributed by atoms with van der Waals surface area (Å²) in [6, 6.07) is 0.702. The van der Waals surface area contributed by atoms with Gasteiger partial charge in [-0.2, -0.15) is 0 Å². The van der Waals surface area contributed by atoms with Crippen molar-refractivity contribution in [2.45, 2.75) is 77.2 Å². The van der Waals surface area contributed by atoms with Crippen LogP contribution in [0.2, 0.25) is 0 Å². The summed E-state index contributed by atoms with van der Waals surface area (Å²) < 4.78 is 2.45. The Morgan fingerprint density at radius 3 is 2.67 bits per heavy atom. The van der Waals surface area contributed by atoms with Crippen molar-refractivity contribution in [2.75, 3.05) is 13.1 Å². The largest absolute Gasteiger partial charge is 0.342 e. The monoisotopic (exact) mass is 329 g/mol. The smallest absolute Gasteiger partial charge is 0.222 e. The lowest BCUT2D eigenvalue weighted by Gasteiger charge is -2.24. The summed E-state index contributed by atoms with van der Waals surface area (Å²) in [6.45, 7) is 4.07. The van der Waals surface area contributed by atoms with Crippen LogP contribution in [-0.2, 0) is 11.2 Å². The molecule has 0 N–H and O–H groups in total. The number of hydrogen-bond acceptors (Lipinski definition) is 2. The first-order valence-electron chi connectivity index (χ1n) is 10.0. The minimum atomic E-state index is 0.408. The molecule has 1 aromatic rings. The van der Waals surface area contributed by atoms with E-state index < -0.39 is 0 Å². The van der Waals surface area contributed by atoms with E-state index in [1.807, 2.05) is 6.20 Å². The van der Waals surface area contributed by atoms with E-state index in [1.54, 1.807) is 0 Å². The molecule has 2 heterocycles.